The molecule has 0 aliphatic carbocycles. The molecule has 11 aromatic rings. The lowest BCUT2D eigenvalue weighted by molar-refractivity contribution is 0.619. The van der Waals surface area contributed by atoms with Crippen LogP contribution in [0.15, 0.2) is 191 Å². The van der Waals surface area contributed by atoms with Gasteiger partial charge in [0.1, 0.15) is 16.7 Å². The van der Waals surface area contributed by atoms with Crippen LogP contribution in [0.3, 0.4) is 0 Å². The number of nitrogens with zero attached hydrogens (tertiary/aromatic N) is 4. The first-order chi connectivity index (χ1) is 27.7. The van der Waals surface area contributed by atoms with Gasteiger partial charge in [-0.25, -0.2) is 19.9 Å². The maximum absolute atomic E-state index is 6.83. The van der Waals surface area contributed by atoms with Gasteiger partial charge in [-0.05, 0) is 75.5 Å². The smallest absolute Gasteiger partial charge is 0.227 e. The molecule has 6 nitrogen and oxygen atoms in total. The van der Waals surface area contributed by atoms with Crippen molar-refractivity contribution in [1.82, 2.24) is 19.9 Å². The number of furan rings is 1. The molecule has 0 radical (unpaired) electrons. The lowest BCUT2D eigenvalue weighted by Crippen LogP contribution is -2.01. The Balaban J connectivity index is 1.18. The average Bonchev–Trinajstić information content (AvgIpc) is 3.88. The molecule has 0 aliphatic heterocycles. The lowest BCUT2D eigenvalue weighted by Gasteiger charge is -2.12. The highest BCUT2D eigenvalue weighted by atomic mass is 16.4. The molecular weight excluding hydrogens is 689 g/mol. The fourth-order valence-corrected chi connectivity index (χ4v) is 7.66. The van der Waals surface area contributed by atoms with Crippen molar-refractivity contribution in [3.63, 3.8) is 0 Å². The maximum Gasteiger partial charge on any atom is 0.227 e. The number of aromatic nitrogens is 4. The molecule has 0 spiro atoms. The molecule has 3 aromatic heterocycles. The molecule has 6 heteroatoms. The van der Waals surface area contributed by atoms with Gasteiger partial charge in [0, 0.05) is 22.1 Å². The second-order valence-electron chi connectivity index (χ2n) is 13.8. The number of rotatable bonds is 6. The summed E-state index contributed by atoms with van der Waals surface area (Å²) in [5, 5.41) is 3.80. The highest BCUT2D eigenvalue weighted by molar-refractivity contribution is 6.23. The van der Waals surface area contributed by atoms with Crippen LogP contribution in [-0.2, 0) is 0 Å². The van der Waals surface area contributed by atoms with Gasteiger partial charge in [-0.1, -0.05) is 140 Å². The predicted octanol–water partition coefficient (Wildman–Crippen LogP) is 13.1. The first kappa shape index (κ1) is 31.8. The zero-order chi connectivity index (χ0) is 37.0. The van der Waals surface area contributed by atoms with Gasteiger partial charge in [0.15, 0.2) is 23.1 Å². The summed E-state index contributed by atoms with van der Waals surface area (Å²) in [5.41, 5.74) is 10.7. The van der Waals surface area contributed by atoms with Crippen molar-refractivity contribution in [3.05, 3.63) is 182 Å². The molecule has 11 rings (SSSR count). The Labute approximate surface area is 321 Å². The monoisotopic (exact) mass is 718 g/mol. The summed E-state index contributed by atoms with van der Waals surface area (Å²) in [6.07, 6.45) is 0. The van der Waals surface area contributed by atoms with Crippen LogP contribution in [-0.4, -0.2) is 19.9 Å². The second kappa shape index (κ2) is 13.0. The highest BCUT2D eigenvalue weighted by Gasteiger charge is 2.24. The first-order valence-corrected chi connectivity index (χ1v) is 18.5. The standard InChI is InChI=1S/C50H30N4O2/c1-4-14-31(15-5-1)34-21-12-23-37(28-34)47-52-48(38-24-13-22-35(29-38)32-16-6-2-7-17-32)54-49(53-47)44-39-25-11-10-20-36(39)30-40-43-41(55-46(40)44)26-27-42-45(43)51-50(56-42)33-18-8-3-9-19-33/h1-30H. The normalized spacial score (nSPS) is 11.6. The van der Waals surface area contributed by atoms with Crippen LogP contribution in [0, 0.1) is 0 Å². The van der Waals surface area contributed by atoms with Crippen molar-refractivity contribution in [2.75, 3.05) is 0 Å². The Morgan fingerprint density at radius 2 is 0.857 bits per heavy atom. The second-order valence-corrected chi connectivity index (χ2v) is 13.8. The van der Waals surface area contributed by atoms with Gasteiger partial charge in [-0.3, -0.25) is 0 Å². The molecular formula is C50H30N4O2. The Kier molecular flexibility index (Phi) is 7.38. The number of oxazole rings is 1. The topological polar surface area (TPSA) is 77.8 Å². The first-order valence-electron chi connectivity index (χ1n) is 18.5. The van der Waals surface area contributed by atoms with E-state index in [-0.39, 0.29) is 0 Å². The minimum Gasteiger partial charge on any atom is -0.455 e. The Bertz CT molecular complexity index is 3140. The van der Waals surface area contributed by atoms with Crippen LogP contribution in [0.25, 0.3) is 112 Å². The average molecular weight is 719 g/mol. The van der Waals surface area contributed by atoms with Crippen LogP contribution in [0.2, 0.25) is 0 Å². The van der Waals surface area contributed by atoms with Crippen LogP contribution in [0.4, 0.5) is 0 Å². The van der Waals surface area contributed by atoms with Gasteiger partial charge in [-0.15, -0.1) is 0 Å². The molecule has 0 saturated heterocycles. The summed E-state index contributed by atoms with van der Waals surface area (Å²) in [6.45, 7) is 0. The fourth-order valence-electron chi connectivity index (χ4n) is 7.66. The Hall–Kier alpha value is -7.70. The van der Waals surface area contributed by atoms with Gasteiger partial charge < -0.3 is 8.83 Å². The minimum atomic E-state index is 0.516. The Morgan fingerprint density at radius 3 is 1.50 bits per heavy atom. The zero-order valence-electron chi connectivity index (χ0n) is 29.9. The van der Waals surface area contributed by atoms with Crippen molar-refractivity contribution in [2.45, 2.75) is 0 Å². The molecule has 0 unspecified atom stereocenters. The van der Waals surface area contributed by atoms with Crippen LogP contribution >= 0.6 is 0 Å². The molecule has 0 fully saturated rings. The van der Waals surface area contributed by atoms with E-state index in [1.807, 2.05) is 66.7 Å². The molecule has 262 valence electrons. The van der Waals surface area contributed by atoms with E-state index in [2.05, 4.69) is 115 Å². The molecule has 0 aliphatic rings. The van der Waals surface area contributed by atoms with Crippen molar-refractivity contribution in [1.29, 1.82) is 0 Å². The van der Waals surface area contributed by atoms with Gasteiger partial charge in [0.25, 0.3) is 0 Å². The third-order valence-corrected chi connectivity index (χ3v) is 10.3. The van der Waals surface area contributed by atoms with E-state index in [0.29, 0.717) is 40.1 Å². The molecule has 0 bridgehead atoms. The zero-order valence-corrected chi connectivity index (χ0v) is 29.9. The van der Waals surface area contributed by atoms with Gasteiger partial charge >= 0.3 is 0 Å². The van der Waals surface area contributed by atoms with E-state index >= 15 is 0 Å². The van der Waals surface area contributed by atoms with E-state index in [0.717, 1.165) is 71.6 Å². The summed E-state index contributed by atoms with van der Waals surface area (Å²) >= 11 is 0. The van der Waals surface area contributed by atoms with Crippen LogP contribution < -0.4 is 0 Å². The quantitative estimate of drug-likeness (QED) is 0.170. The number of hydrogen-bond acceptors (Lipinski definition) is 6. The molecule has 56 heavy (non-hydrogen) atoms. The lowest BCUT2D eigenvalue weighted by atomic mass is 9.99. The molecule has 3 heterocycles. The molecule has 0 atom stereocenters. The van der Waals surface area contributed by atoms with E-state index in [9.17, 15) is 0 Å². The predicted molar refractivity (Wildman–Crippen MR) is 225 cm³/mol. The minimum absolute atomic E-state index is 0.516. The van der Waals surface area contributed by atoms with Gasteiger partial charge in [0.2, 0.25) is 5.89 Å². The fraction of sp³-hybridized carbons (Fsp3) is 0. The molecule has 0 saturated carbocycles. The van der Waals surface area contributed by atoms with E-state index < -0.39 is 0 Å². The van der Waals surface area contributed by atoms with Gasteiger partial charge in [0.05, 0.1) is 10.9 Å². The van der Waals surface area contributed by atoms with Crippen LogP contribution in [0.1, 0.15) is 0 Å². The SMILES string of the molecule is c1ccc(-c2cccc(-c3nc(-c4cccc(-c5ccccc5)c4)nc(-c4c5ccccc5cc5c4oc4ccc6oc(-c7ccccc7)nc6c45)n3)c2)cc1. The van der Waals surface area contributed by atoms with Crippen molar-refractivity contribution in [2.24, 2.45) is 0 Å². The third-order valence-electron chi connectivity index (χ3n) is 10.3. The summed E-state index contributed by atoms with van der Waals surface area (Å²) in [4.78, 5) is 20.7. The summed E-state index contributed by atoms with van der Waals surface area (Å²) in [6, 6.07) is 61.8. The molecule has 0 N–H and O–H groups in total. The maximum atomic E-state index is 6.83. The summed E-state index contributed by atoms with van der Waals surface area (Å²) < 4.78 is 13.1. The van der Waals surface area contributed by atoms with Crippen molar-refractivity contribution < 1.29 is 8.83 Å². The number of hydrogen-bond donors (Lipinski definition) is 0. The largest absolute Gasteiger partial charge is 0.455 e. The third kappa shape index (κ3) is 5.43. The van der Waals surface area contributed by atoms with E-state index in [4.69, 9.17) is 28.8 Å². The van der Waals surface area contributed by atoms with E-state index in [1.165, 1.54) is 0 Å². The van der Waals surface area contributed by atoms with Crippen molar-refractivity contribution in [3.8, 4) is 67.9 Å². The van der Waals surface area contributed by atoms with Crippen LogP contribution in [0.5, 0.6) is 0 Å². The number of fused-ring (bicyclic) bond motifs is 6. The summed E-state index contributed by atoms with van der Waals surface area (Å²) in [5.74, 6) is 2.21. The van der Waals surface area contributed by atoms with Crippen molar-refractivity contribution >= 4 is 43.8 Å². The Morgan fingerprint density at radius 1 is 0.339 bits per heavy atom. The highest BCUT2D eigenvalue weighted by Crippen LogP contribution is 2.43. The molecule has 8 aromatic carbocycles. The van der Waals surface area contributed by atoms with Gasteiger partial charge in [-0.2, -0.15) is 0 Å². The van der Waals surface area contributed by atoms with E-state index in [1.54, 1.807) is 0 Å². The molecule has 0 amide bonds. The summed E-state index contributed by atoms with van der Waals surface area (Å²) in [7, 11) is 0. The number of benzene rings is 8.